The van der Waals surface area contributed by atoms with E-state index in [1.54, 1.807) is 11.5 Å². The van der Waals surface area contributed by atoms with Crippen LogP contribution in [0.15, 0.2) is 18.2 Å². The predicted octanol–water partition coefficient (Wildman–Crippen LogP) is 4.37. The minimum absolute atomic E-state index is 0.177. The third-order valence-corrected chi connectivity index (χ3v) is 4.79. The monoisotopic (exact) mass is 412 g/mol. The molecule has 0 fully saturated rings. The van der Waals surface area contributed by atoms with E-state index in [0.29, 0.717) is 5.56 Å². The number of amides is 1. The van der Waals surface area contributed by atoms with Crippen molar-refractivity contribution in [2.45, 2.75) is 38.5 Å². The molecular weight excluding hydrogens is 395 g/mol. The lowest BCUT2D eigenvalue weighted by Gasteiger charge is -2.16. The number of nitrogens with one attached hydrogen (secondary N) is 2. The van der Waals surface area contributed by atoms with E-state index in [0.717, 1.165) is 31.2 Å². The van der Waals surface area contributed by atoms with Gasteiger partial charge in [0.05, 0.1) is 0 Å². The van der Waals surface area contributed by atoms with Gasteiger partial charge in [-0.25, -0.2) is 22.0 Å². The Morgan fingerprint density at radius 3 is 2.03 bits per heavy atom. The van der Waals surface area contributed by atoms with Gasteiger partial charge >= 0.3 is 0 Å². The molecule has 154 valence electrons. The maximum absolute atomic E-state index is 13.5. The molecule has 2 N–H and O–H groups in total. The highest BCUT2D eigenvalue weighted by molar-refractivity contribution is 5.98. The number of hydrazine groups is 1. The molecule has 0 saturated carbocycles. The van der Waals surface area contributed by atoms with Crippen LogP contribution in [-0.2, 0) is 17.6 Å². The molecule has 1 aliphatic rings. The summed E-state index contributed by atoms with van der Waals surface area (Å²) < 4.78 is 66.3. The van der Waals surface area contributed by atoms with E-state index in [2.05, 4.69) is 0 Å². The highest BCUT2D eigenvalue weighted by Crippen LogP contribution is 2.26. The van der Waals surface area contributed by atoms with Crippen molar-refractivity contribution in [3.8, 4) is 0 Å². The number of hydrogen-bond acceptors (Lipinski definition) is 3. The van der Waals surface area contributed by atoms with Gasteiger partial charge in [0.1, 0.15) is 5.69 Å². The van der Waals surface area contributed by atoms with Crippen LogP contribution in [0.4, 0.5) is 27.6 Å². The van der Waals surface area contributed by atoms with Crippen LogP contribution in [0.3, 0.4) is 0 Å². The van der Waals surface area contributed by atoms with Crippen LogP contribution in [0.25, 0.3) is 0 Å². The average Bonchev–Trinajstić information content (AvgIpc) is 2.74. The van der Waals surface area contributed by atoms with Crippen LogP contribution in [0, 0.1) is 29.1 Å². The first-order valence-electron chi connectivity index (χ1n) is 9.01. The Morgan fingerprint density at radius 1 is 0.793 bits per heavy atom. The summed E-state index contributed by atoms with van der Waals surface area (Å²) in [7, 11) is 0. The molecule has 2 aromatic carbocycles. The molecule has 0 heterocycles. The lowest BCUT2D eigenvalue weighted by molar-refractivity contribution is -0.120. The number of anilines is 1. The smallest absolute Gasteiger partial charge is 0.238 e. The molecular formula is C20H17F5N2O2. The highest BCUT2D eigenvalue weighted by atomic mass is 19.2. The van der Waals surface area contributed by atoms with Crippen molar-refractivity contribution < 1.29 is 31.5 Å². The first-order chi connectivity index (χ1) is 13.8. The standard InChI is InChI=1S/C20H17F5N2O2/c21-15-16(22)18(24)20(19(25)17(15)23)27-26-14(29)8-7-13(28)12-6-5-10-3-1-2-4-11(10)9-12/h5-6,9,27H,1-4,7-8H2,(H,26,29). The number of hydrogen-bond donors (Lipinski definition) is 2. The number of aryl methyl sites for hydroxylation is 2. The van der Waals surface area contributed by atoms with Crippen LogP contribution in [0.1, 0.15) is 47.2 Å². The molecule has 2 aromatic rings. The van der Waals surface area contributed by atoms with E-state index in [1.165, 1.54) is 5.56 Å². The number of fused-ring (bicyclic) bond motifs is 1. The number of benzene rings is 2. The number of carbonyl (C=O) groups excluding carboxylic acids is 2. The van der Waals surface area contributed by atoms with Gasteiger partial charge < -0.3 is 0 Å². The summed E-state index contributed by atoms with van der Waals surface area (Å²) in [6.45, 7) is 0. The second-order valence-electron chi connectivity index (χ2n) is 6.73. The molecule has 4 nitrogen and oxygen atoms in total. The fourth-order valence-corrected chi connectivity index (χ4v) is 3.19. The minimum atomic E-state index is -2.30. The zero-order valence-electron chi connectivity index (χ0n) is 15.2. The van der Waals surface area contributed by atoms with Gasteiger partial charge in [-0.05, 0) is 42.9 Å². The molecule has 0 radical (unpaired) electrons. The molecule has 0 spiro atoms. The molecule has 0 bridgehead atoms. The normalized spacial score (nSPS) is 13.0. The Bertz CT molecular complexity index is 949. The Morgan fingerprint density at radius 2 is 1.38 bits per heavy atom. The van der Waals surface area contributed by atoms with E-state index in [1.807, 2.05) is 17.6 Å². The maximum atomic E-state index is 13.5. The Labute approximate surface area is 163 Å². The third-order valence-electron chi connectivity index (χ3n) is 4.79. The molecule has 9 heteroatoms. The largest absolute Gasteiger partial charge is 0.294 e. The van der Waals surface area contributed by atoms with E-state index >= 15 is 0 Å². The number of carbonyl (C=O) groups is 2. The fourth-order valence-electron chi connectivity index (χ4n) is 3.19. The molecule has 0 saturated heterocycles. The Balaban J connectivity index is 1.58. The highest BCUT2D eigenvalue weighted by Gasteiger charge is 2.26. The average molecular weight is 412 g/mol. The van der Waals surface area contributed by atoms with Gasteiger partial charge in [0, 0.05) is 18.4 Å². The third kappa shape index (κ3) is 4.38. The van der Waals surface area contributed by atoms with Crippen molar-refractivity contribution in [2.75, 3.05) is 5.43 Å². The molecule has 1 amide bonds. The van der Waals surface area contributed by atoms with E-state index in [9.17, 15) is 31.5 Å². The maximum Gasteiger partial charge on any atom is 0.238 e. The Hall–Kier alpha value is -2.97. The van der Waals surface area contributed by atoms with E-state index < -0.39 is 40.7 Å². The van der Waals surface area contributed by atoms with Gasteiger partial charge in [-0.1, -0.05) is 12.1 Å². The number of halogens is 5. The van der Waals surface area contributed by atoms with Crippen molar-refractivity contribution in [1.82, 2.24) is 5.43 Å². The Kier molecular flexibility index (Phi) is 6.14. The van der Waals surface area contributed by atoms with Crippen LogP contribution in [0.2, 0.25) is 0 Å². The summed E-state index contributed by atoms with van der Waals surface area (Å²) in [4.78, 5) is 24.1. The van der Waals surface area contributed by atoms with Gasteiger partial charge in [0.25, 0.3) is 0 Å². The second-order valence-corrected chi connectivity index (χ2v) is 6.73. The summed E-state index contributed by atoms with van der Waals surface area (Å²) >= 11 is 0. The second kappa shape index (κ2) is 8.59. The van der Waals surface area contributed by atoms with Crippen LogP contribution < -0.4 is 10.9 Å². The van der Waals surface area contributed by atoms with Crippen molar-refractivity contribution in [3.05, 3.63) is 64.0 Å². The number of rotatable bonds is 6. The lowest BCUT2D eigenvalue weighted by atomic mass is 9.89. The quantitative estimate of drug-likeness (QED) is 0.244. The molecule has 29 heavy (non-hydrogen) atoms. The first kappa shape index (κ1) is 20.8. The summed E-state index contributed by atoms with van der Waals surface area (Å²) in [6.07, 6.45) is 3.51. The van der Waals surface area contributed by atoms with E-state index in [4.69, 9.17) is 0 Å². The van der Waals surface area contributed by atoms with Crippen molar-refractivity contribution in [3.63, 3.8) is 0 Å². The summed E-state index contributed by atoms with van der Waals surface area (Å²) in [6, 6.07) is 5.39. The molecule has 0 aromatic heterocycles. The van der Waals surface area contributed by atoms with Gasteiger partial charge in [-0.2, -0.15) is 0 Å². The molecule has 1 aliphatic carbocycles. The van der Waals surface area contributed by atoms with Crippen molar-refractivity contribution >= 4 is 17.4 Å². The minimum Gasteiger partial charge on any atom is -0.294 e. The fraction of sp³-hybridized carbons (Fsp3) is 0.300. The first-order valence-corrected chi connectivity index (χ1v) is 9.01. The lowest BCUT2D eigenvalue weighted by Crippen LogP contribution is -2.31. The number of Topliss-reactive ketones (excluding diaryl/α,β-unsaturated/α-hetero) is 1. The zero-order valence-corrected chi connectivity index (χ0v) is 15.2. The van der Waals surface area contributed by atoms with Crippen molar-refractivity contribution in [1.29, 1.82) is 0 Å². The van der Waals surface area contributed by atoms with Crippen LogP contribution in [0.5, 0.6) is 0 Å². The SMILES string of the molecule is O=C(CCC(=O)c1ccc2c(c1)CCCC2)NNc1c(F)c(F)c(F)c(F)c1F. The van der Waals surface area contributed by atoms with Gasteiger partial charge in [-0.15, -0.1) is 0 Å². The van der Waals surface area contributed by atoms with Crippen LogP contribution in [-0.4, -0.2) is 11.7 Å². The predicted molar refractivity (Wildman–Crippen MR) is 94.6 cm³/mol. The topological polar surface area (TPSA) is 58.2 Å². The molecule has 3 rings (SSSR count). The summed E-state index contributed by atoms with van der Waals surface area (Å²) in [5, 5.41) is 0. The zero-order chi connectivity index (χ0) is 21.1. The van der Waals surface area contributed by atoms with Gasteiger partial charge in [0.2, 0.25) is 11.7 Å². The molecule has 0 atom stereocenters. The summed E-state index contributed by atoms with van der Waals surface area (Å²) in [5.41, 5.74) is 4.92. The van der Waals surface area contributed by atoms with Crippen molar-refractivity contribution in [2.24, 2.45) is 0 Å². The van der Waals surface area contributed by atoms with E-state index in [-0.39, 0.29) is 18.6 Å². The van der Waals surface area contributed by atoms with Crippen LogP contribution >= 0.6 is 0 Å². The summed E-state index contributed by atoms with van der Waals surface area (Å²) in [5.74, 6) is -11.9. The van der Waals surface area contributed by atoms with Gasteiger partial charge in [-0.3, -0.25) is 20.4 Å². The molecule has 0 aliphatic heterocycles. The van der Waals surface area contributed by atoms with Gasteiger partial charge in [0.15, 0.2) is 29.1 Å². The molecule has 0 unspecified atom stereocenters. The number of ketones is 1.